The van der Waals surface area contributed by atoms with Crippen LogP contribution in [0.3, 0.4) is 0 Å². The van der Waals surface area contributed by atoms with Crippen LogP contribution in [0.1, 0.15) is 5.69 Å². The largest absolute Gasteiger partial charge is 0.449 e. The number of furan rings is 1. The van der Waals surface area contributed by atoms with Crippen molar-refractivity contribution in [3.8, 4) is 0 Å². The van der Waals surface area contributed by atoms with E-state index in [0.717, 1.165) is 6.08 Å². The molecule has 0 spiro atoms. The van der Waals surface area contributed by atoms with Crippen LogP contribution in [0.15, 0.2) is 53.3 Å². The van der Waals surface area contributed by atoms with Gasteiger partial charge in [-0.1, -0.05) is 6.07 Å². The first kappa shape index (κ1) is 16.0. The molecule has 0 unspecified atom stereocenters. The number of nitrogens with zero attached hydrogens (tertiary/aromatic N) is 1. The van der Waals surface area contributed by atoms with Gasteiger partial charge in [-0.15, -0.1) is 0 Å². The molecular weight excluding hydrogens is 300 g/mol. The fraction of sp³-hybridized carbons (Fsp3) is 0.0667. The van der Waals surface area contributed by atoms with E-state index in [1.54, 1.807) is 30.3 Å². The molecule has 2 aromatic rings. The van der Waals surface area contributed by atoms with Gasteiger partial charge in [0, 0.05) is 18.3 Å². The average Bonchev–Trinajstić information content (AvgIpc) is 3.06. The monoisotopic (exact) mass is 314 g/mol. The lowest BCUT2D eigenvalue weighted by Gasteiger charge is -2.09. The summed E-state index contributed by atoms with van der Waals surface area (Å²) >= 11 is 0. The Balaban J connectivity index is 2.13. The molecule has 2 heterocycles. The van der Waals surface area contributed by atoms with Crippen molar-refractivity contribution < 1.29 is 18.8 Å². The maximum Gasteiger partial charge on any atom is 0.326 e. The Morgan fingerprint density at radius 1 is 1.22 bits per heavy atom. The number of aldehydes is 1. The lowest BCUT2D eigenvalue weighted by molar-refractivity contribution is -0.118. The Bertz CT molecular complexity index is 696. The van der Waals surface area contributed by atoms with Crippen LogP contribution >= 0.6 is 0 Å². The van der Waals surface area contributed by atoms with Crippen molar-refractivity contribution in [2.75, 3.05) is 11.9 Å². The van der Waals surface area contributed by atoms with Crippen molar-refractivity contribution in [1.82, 2.24) is 15.6 Å². The summed E-state index contributed by atoms with van der Waals surface area (Å²) in [4.78, 5) is 38.0. The van der Waals surface area contributed by atoms with Crippen LogP contribution in [0.25, 0.3) is 5.70 Å². The summed E-state index contributed by atoms with van der Waals surface area (Å²) < 4.78 is 5.00. The van der Waals surface area contributed by atoms with Gasteiger partial charge in [0.15, 0.2) is 0 Å². The predicted octanol–water partition coefficient (Wildman–Crippen LogP) is 1.15. The second-order valence-corrected chi connectivity index (χ2v) is 4.24. The highest BCUT2D eigenvalue weighted by atomic mass is 16.3. The number of pyridine rings is 1. The second-order valence-electron chi connectivity index (χ2n) is 4.24. The zero-order valence-electron chi connectivity index (χ0n) is 12.0. The number of nitrogens with one attached hydrogen (secondary N) is 3. The van der Waals surface area contributed by atoms with E-state index in [4.69, 9.17) is 4.42 Å². The lowest BCUT2D eigenvalue weighted by Crippen LogP contribution is -2.30. The Kier molecular flexibility index (Phi) is 5.64. The van der Waals surface area contributed by atoms with Crippen molar-refractivity contribution in [2.45, 2.75) is 0 Å². The van der Waals surface area contributed by atoms with E-state index in [2.05, 4.69) is 20.9 Å². The van der Waals surface area contributed by atoms with Gasteiger partial charge in [-0.25, -0.2) is 4.79 Å². The third-order valence-corrected chi connectivity index (χ3v) is 2.58. The molecule has 2 rings (SSSR count). The first-order valence-electron chi connectivity index (χ1n) is 6.65. The highest BCUT2D eigenvalue weighted by Gasteiger charge is 2.11. The fourth-order valence-electron chi connectivity index (χ4n) is 1.64. The normalized spacial score (nSPS) is 10.7. The van der Waals surface area contributed by atoms with Crippen LogP contribution in [-0.2, 0) is 9.59 Å². The zero-order valence-corrected chi connectivity index (χ0v) is 12.0. The third-order valence-electron chi connectivity index (χ3n) is 2.58. The molecule has 0 bridgehead atoms. The molecule has 118 valence electrons. The molecule has 0 aliphatic carbocycles. The maximum absolute atomic E-state index is 12.0. The number of carbonyl (C=O) groups excluding carboxylic acids is 3. The van der Waals surface area contributed by atoms with Crippen LogP contribution in [0.4, 0.5) is 10.7 Å². The van der Waals surface area contributed by atoms with Gasteiger partial charge in [-0.2, -0.15) is 0 Å². The number of carbonyl (C=O) groups is 3. The standard InChI is InChI=1S/C15H14N4O4/c20-8-7-17-13(21)10-12(11-4-1-2-6-16-11)18-15(22)19-14-5-3-9-23-14/h1-6,8-10H,7H2,(H,17,21)(H2,18,19,22). The van der Waals surface area contributed by atoms with E-state index in [1.165, 1.54) is 12.5 Å². The molecule has 0 aromatic carbocycles. The molecule has 0 aliphatic rings. The van der Waals surface area contributed by atoms with Gasteiger partial charge in [0.25, 0.3) is 0 Å². The molecule has 0 saturated carbocycles. The molecule has 0 fully saturated rings. The van der Waals surface area contributed by atoms with Crippen LogP contribution in [0.2, 0.25) is 0 Å². The first-order chi connectivity index (χ1) is 11.2. The lowest BCUT2D eigenvalue weighted by atomic mass is 10.2. The quantitative estimate of drug-likeness (QED) is 0.547. The van der Waals surface area contributed by atoms with Crippen molar-refractivity contribution >= 4 is 29.8 Å². The third kappa shape index (κ3) is 5.12. The van der Waals surface area contributed by atoms with Gasteiger partial charge in [-0.05, 0) is 18.2 Å². The summed E-state index contributed by atoms with van der Waals surface area (Å²) in [6, 6.07) is 7.65. The number of urea groups is 1. The minimum absolute atomic E-state index is 0.122. The molecular formula is C15H14N4O4. The summed E-state index contributed by atoms with van der Waals surface area (Å²) in [5, 5.41) is 7.33. The molecule has 8 heteroatoms. The van der Waals surface area contributed by atoms with E-state index in [9.17, 15) is 14.4 Å². The molecule has 23 heavy (non-hydrogen) atoms. The first-order valence-corrected chi connectivity index (χ1v) is 6.65. The molecule has 0 radical (unpaired) electrons. The number of amides is 3. The second kappa shape index (κ2) is 8.13. The summed E-state index contributed by atoms with van der Waals surface area (Å²) in [5.74, 6) is -0.274. The highest BCUT2D eigenvalue weighted by molar-refractivity contribution is 6.00. The summed E-state index contributed by atoms with van der Waals surface area (Å²) in [6.07, 6.45) is 4.65. The number of anilines is 1. The van der Waals surface area contributed by atoms with Crippen LogP contribution in [0, 0.1) is 0 Å². The van der Waals surface area contributed by atoms with E-state index in [0.29, 0.717) is 12.0 Å². The van der Waals surface area contributed by atoms with Crippen LogP contribution in [-0.4, -0.2) is 29.8 Å². The Labute approximate surface area is 131 Å². The minimum atomic E-state index is -0.597. The van der Waals surface area contributed by atoms with Gasteiger partial charge in [-0.3, -0.25) is 15.1 Å². The van der Waals surface area contributed by atoms with Crippen molar-refractivity contribution in [3.05, 3.63) is 54.6 Å². The molecule has 3 N–H and O–H groups in total. The van der Waals surface area contributed by atoms with Crippen molar-refractivity contribution in [3.63, 3.8) is 0 Å². The van der Waals surface area contributed by atoms with Gasteiger partial charge < -0.3 is 19.8 Å². The van der Waals surface area contributed by atoms with E-state index in [1.807, 2.05) is 0 Å². The number of hydrogen-bond donors (Lipinski definition) is 3. The molecule has 0 aliphatic heterocycles. The Hall–Kier alpha value is -3.42. The minimum Gasteiger partial charge on any atom is -0.449 e. The maximum atomic E-state index is 12.0. The topological polar surface area (TPSA) is 113 Å². The SMILES string of the molecule is O=CCNC(=O)C=C(NC(=O)Nc1ccco1)c1ccccn1. The summed E-state index contributed by atoms with van der Waals surface area (Å²) in [7, 11) is 0. The predicted molar refractivity (Wildman–Crippen MR) is 82.2 cm³/mol. The number of hydrogen-bond acceptors (Lipinski definition) is 5. The van der Waals surface area contributed by atoms with Gasteiger partial charge in [0.1, 0.15) is 6.29 Å². The van der Waals surface area contributed by atoms with E-state index < -0.39 is 11.9 Å². The molecule has 3 amide bonds. The van der Waals surface area contributed by atoms with E-state index >= 15 is 0 Å². The highest BCUT2D eigenvalue weighted by Crippen LogP contribution is 2.10. The van der Waals surface area contributed by atoms with E-state index in [-0.39, 0.29) is 18.1 Å². The van der Waals surface area contributed by atoms with Crippen LogP contribution in [0.5, 0.6) is 0 Å². The fourth-order valence-corrected chi connectivity index (χ4v) is 1.64. The average molecular weight is 314 g/mol. The number of rotatable bonds is 6. The Morgan fingerprint density at radius 3 is 2.74 bits per heavy atom. The summed E-state index contributed by atoms with van der Waals surface area (Å²) in [6.45, 7) is -0.122. The molecule has 0 saturated heterocycles. The molecule has 0 atom stereocenters. The van der Waals surface area contributed by atoms with Crippen LogP contribution < -0.4 is 16.0 Å². The molecule has 8 nitrogen and oxygen atoms in total. The van der Waals surface area contributed by atoms with Gasteiger partial charge >= 0.3 is 6.03 Å². The Morgan fingerprint density at radius 2 is 2.09 bits per heavy atom. The van der Waals surface area contributed by atoms with Crippen molar-refractivity contribution in [2.24, 2.45) is 0 Å². The summed E-state index contributed by atoms with van der Waals surface area (Å²) in [5.41, 5.74) is 0.571. The number of aromatic nitrogens is 1. The van der Waals surface area contributed by atoms with Gasteiger partial charge in [0.2, 0.25) is 11.8 Å². The smallest absolute Gasteiger partial charge is 0.326 e. The zero-order chi connectivity index (χ0) is 16.5. The van der Waals surface area contributed by atoms with Crippen molar-refractivity contribution in [1.29, 1.82) is 0 Å². The van der Waals surface area contributed by atoms with Gasteiger partial charge in [0.05, 0.1) is 24.2 Å². The molecule has 2 aromatic heterocycles.